The van der Waals surface area contributed by atoms with Crippen LogP contribution in [-0.4, -0.2) is 23.0 Å². The molecule has 1 aliphatic rings. The number of benzene rings is 1. The van der Waals surface area contributed by atoms with Gasteiger partial charge in [0.1, 0.15) is 18.7 Å². The molecule has 7 heteroatoms. The molecule has 1 aromatic carbocycles. The van der Waals surface area contributed by atoms with Gasteiger partial charge in [-0.3, -0.25) is 4.98 Å². The second-order valence-corrected chi connectivity index (χ2v) is 6.89. The highest BCUT2D eigenvalue weighted by molar-refractivity contribution is 7.18. The van der Waals surface area contributed by atoms with Gasteiger partial charge in [0.2, 0.25) is 0 Å². The van der Waals surface area contributed by atoms with E-state index in [9.17, 15) is 4.39 Å². The Balaban J connectivity index is 2.13. The third-order valence-corrected chi connectivity index (χ3v) is 4.66. The maximum absolute atomic E-state index is 15.0. The average Bonchev–Trinajstić information content (AvgIpc) is 2.63. The lowest BCUT2D eigenvalue weighted by Crippen LogP contribution is -2.38. The Morgan fingerprint density at radius 3 is 2.92 bits per heavy atom. The number of nitrogens with zero attached hydrogens (tertiary/aromatic N) is 3. The molecule has 0 saturated carbocycles. The Morgan fingerprint density at radius 2 is 2.20 bits per heavy atom. The Hall–Kier alpha value is -2.51. The van der Waals surface area contributed by atoms with Gasteiger partial charge in [-0.1, -0.05) is 28.3 Å². The molecule has 2 N–H and O–H groups in total. The molecule has 0 bridgehead atoms. The summed E-state index contributed by atoms with van der Waals surface area (Å²) in [4.78, 5) is 8.28. The summed E-state index contributed by atoms with van der Waals surface area (Å²) in [7, 11) is 2.19. The first-order chi connectivity index (χ1) is 11.9. The van der Waals surface area contributed by atoms with Crippen LogP contribution in [0.1, 0.15) is 29.7 Å². The number of alkyl halides is 1. The van der Waals surface area contributed by atoms with Gasteiger partial charge in [-0.15, -0.1) is 0 Å². The second kappa shape index (κ2) is 6.78. The van der Waals surface area contributed by atoms with Crippen molar-refractivity contribution in [2.45, 2.75) is 24.8 Å². The molecule has 25 heavy (non-hydrogen) atoms. The number of nitrogens with two attached hydrogens (primary N) is 1. The highest BCUT2D eigenvalue weighted by Crippen LogP contribution is 2.43. The molecule has 2 aromatic rings. The minimum atomic E-state index is -1.74. The molecule has 3 atom stereocenters. The maximum atomic E-state index is 15.0. The number of aliphatic imine (C=N–C) groups is 1. The van der Waals surface area contributed by atoms with E-state index in [1.807, 2.05) is 25.1 Å². The molecule has 0 aliphatic carbocycles. The monoisotopic (exact) mass is 356 g/mol. The van der Waals surface area contributed by atoms with Crippen molar-refractivity contribution < 1.29 is 9.13 Å². The third kappa shape index (κ3) is 3.47. The lowest BCUT2D eigenvalue weighted by Gasteiger charge is -2.32. The lowest BCUT2D eigenvalue weighted by atomic mass is 9.91. The molecule has 3 unspecified atom stereocenters. The molecule has 0 radical (unpaired) electrons. The van der Waals surface area contributed by atoms with E-state index in [4.69, 9.17) is 15.7 Å². The summed E-state index contributed by atoms with van der Waals surface area (Å²) < 4.78 is 20.0. The number of pyridine rings is 1. The van der Waals surface area contributed by atoms with Crippen LogP contribution >= 0.6 is 9.24 Å². The summed E-state index contributed by atoms with van der Waals surface area (Å²) >= 11 is 0. The Kier molecular flexibility index (Phi) is 4.69. The number of aryl methyl sites for hydroxylation is 1. The van der Waals surface area contributed by atoms with Crippen LogP contribution in [-0.2, 0) is 11.2 Å². The van der Waals surface area contributed by atoms with Gasteiger partial charge in [0.05, 0.1) is 5.56 Å². The zero-order chi connectivity index (χ0) is 18.0. The predicted molar refractivity (Wildman–Crippen MR) is 97.6 cm³/mol. The van der Waals surface area contributed by atoms with Gasteiger partial charge >= 0.3 is 0 Å². The van der Waals surface area contributed by atoms with Crippen LogP contribution in [0.4, 0.5) is 4.39 Å². The highest BCUT2D eigenvalue weighted by atomic mass is 31.0. The van der Waals surface area contributed by atoms with E-state index in [1.165, 1.54) is 6.20 Å². The fourth-order valence-corrected chi connectivity index (χ4v) is 3.21. The molecule has 0 amide bonds. The van der Waals surface area contributed by atoms with Crippen LogP contribution in [0, 0.1) is 11.3 Å². The predicted octanol–water partition coefficient (Wildman–Crippen LogP) is 3.11. The summed E-state index contributed by atoms with van der Waals surface area (Å²) in [5.74, 6) is 0. The van der Waals surface area contributed by atoms with Gasteiger partial charge in [-0.25, -0.2) is 9.38 Å². The molecule has 128 valence electrons. The summed E-state index contributed by atoms with van der Waals surface area (Å²) in [6.45, 7) is 1.84. The van der Waals surface area contributed by atoms with Crippen LogP contribution in [0.2, 0.25) is 0 Å². The van der Waals surface area contributed by atoms with E-state index in [1.54, 1.807) is 12.3 Å². The zero-order valence-corrected chi connectivity index (χ0v) is 14.9. The van der Waals surface area contributed by atoms with E-state index in [2.05, 4.69) is 25.3 Å². The largest absolute Gasteiger partial charge is 0.462 e. The van der Waals surface area contributed by atoms with Crippen molar-refractivity contribution in [1.29, 1.82) is 5.26 Å². The Morgan fingerprint density at radius 1 is 1.40 bits per heavy atom. The van der Waals surface area contributed by atoms with E-state index in [-0.39, 0.29) is 12.6 Å². The Bertz CT molecular complexity index is 876. The van der Waals surface area contributed by atoms with E-state index in [0.717, 1.165) is 28.7 Å². The number of amidine groups is 1. The molecular weight excluding hydrogens is 338 g/mol. The standard InChI is InChI=1S/C18H18FN4OP/c1-2-12-3-4-13(14-5-11(7-20)8-22-9-14)6-15(12)16-18(19,25)10-24-17(21)23-16/h3-6,8-9,16H,2,10,25H2,1H3,(H2,21,23). The van der Waals surface area contributed by atoms with Crippen molar-refractivity contribution in [2.24, 2.45) is 10.7 Å². The second-order valence-electron chi connectivity index (χ2n) is 5.93. The number of hydrogen-bond donors (Lipinski definition) is 1. The molecular formula is C18H18FN4OP. The summed E-state index contributed by atoms with van der Waals surface area (Å²) in [5, 5.41) is 7.32. The first kappa shape index (κ1) is 17.3. The van der Waals surface area contributed by atoms with Gasteiger partial charge in [-0.05, 0) is 35.2 Å². The van der Waals surface area contributed by atoms with Gasteiger partial charge < -0.3 is 10.5 Å². The molecule has 2 heterocycles. The van der Waals surface area contributed by atoms with E-state index in [0.29, 0.717) is 5.56 Å². The van der Waals surface area contributed by atoms with Gasteiger partial charge in [0.25, 0.3) is 6.02 Å². The summed E-state index contributed by atoms with van der Waals surface area (Å²) in [5.41, 5.74) is 9.52. The highest BCUT2D eigenvalue weighted by Gasteiger charge is 2.41. The van der Waals surface area contributed by atoms with Gasteiger partial charge in [0, 0.05) is 18.0 Å². The molecule has 1 aromatic heterocycles. The van der Waals surface area contributed by atoms with E-state index >= 15 is 0 Å². The molecule has 0 fully saturated rings. The van der Waals surface area contributed by atoms with E-state index < -0.39 is 11.5 Å². The quantitative estimate of drug-likeness (QED) is 0.857. The van der Waals surface area contributed by atoms with Crippen LogP contribution < -0.4 is 5.73 Å². The van der Waals surface area contributed by atoms with Gasteiger partial charge in [0.15, 0.2) is 5.41 Å². The van der Waals surface area contributed by atoms with Gasteiger partial charge in [-0.2, -0.15) is 5.26 Å². The first-order valence-electron chi connectivity index (χ1n) is 7.87. The smallest absolute Gasteiger partial charge is 0.282 e. The minimum absolute atomic E-state index is 0.0127. The number of aromatic nitrogens is 1. The van der Waals surface area contributed by atoms with Crippen molar-refractivity contribution in [2.75, 3.05) is 6.61 Å². The van der Waals surface area contributed by atoms with Crippen molar-refractivity contribution >= 4 is 15.3 Å². The normalized spacial score (nSPS) is 22.6. The maximum Gasteiger partial charge on any atom is 0.282 e. The SMILES string of the molecule is CCc1ccc(-c2cncc(C#N)c2)cc1C1N=C(N)OCC1(F)P. The summed E-state index contributed by atoms with van der Waals surface area (Å²) in [6, 6.07) is 8.83. The van der Waals surface area contributed by atoms with Crippen molar-refractivity contribution in [3.63, 3.8) is 0 Å². The number of ether oxygens (including phenoxy) is 1. The van der Waals surface area contributed by atoms with Crippen molar-refractivity contribution in [1.82, 2.24) is 4.98 Å². The first-order valence-corrected chi connectivity index (χ1v) is 8.44. The average molecular weight is 356 g/mol. The molecule has 0 spiro atoms. The minimum Gasteiger partial charge on any atom is -0.462 e. The molecule has 3 rings (SSSR count). The zero-order valence-electron chi connectivity index (χ0n) is 13.7. The third-order valence-electron chi connectivity index (χ3n) is 4.17. The number of nitriles is 1. The fraction of sp³-hybridized carbons (Fsp3) is 0.278. The molecule has 5 nitrogen and oxygen atoms in total. The number of rotatable bonds is 3. The van der Waals surface area contributed by atoms with Crippen LogP contribution in [0.3, 0.4) is 0 Å². The van der Waals surface area contributed by atoms with Crippen LogP contribution in [0.5, 0.6) is 0 Å². The summed E-state index contributed by atoms with van der Waals surface area (Å²) in [6.07, 6.45) is 3.92. The van der Waals surface area contributed by atoms with Crippen LogP contribution in [0.15, 0.2) is 41.7 Å². The topological polar surface area (TPSA) is 84.3 Å². The lowest BCUT2D eigenvalue weighted by molar-refractivity contribution is 0.111. The Labute approximate surface area is 147 Å². The fourth-order valence-electron chi connectivity index (χ4n) is 2.87. The molecule has 0 saturated heterocycles. The number of hydrogen-bond acceptors (Lipinski definition) is 5. The van der Waals surface area contributed by atoms with Crippen LogP contribution in [0.25, 0.3) is 11.1 Å². The van der Waals surface area contributed by atoms with Crippen molar-refractivity contribution in [3.05, 3.63) is 53.3 Å². The number of halogens is 1. The molecule has 1 aliphatic heterocycles. The van der Waals surface area contributed by atoms with Crippen molar-refractivity contribution in [3.8, 4) is 17.2 Å².